The molecule has 0 aromatic heterocycles. The van der Waals surface area contributed by atoms with Crippen LogP contribution < -0.4 is 10.2 Å². The zero-order chi connectivity index (χ0) is 15.8. The molecule has 1 aromatic rings. The Kier molecular flexibility index (Phi) is 6.72. The highest BCUT2D eigenvalue weighted by molar-refractivity contribution is 5.92. The van der Waals surface area contributed by atoms with Gasteiger partial charge in [0.15, 0.2) is 6.10 Å². The predicted octanol–water partition coefficient (Wildman–Crippen LogP) is 2.21. The smallest absolute Gasteiger partial charge is 0.338 e. The lowest BCUT2D eigenvalue weighted by atomic mass is 10.2. The molecule has 0 spiro atoms. The third-order valence-corrected chi connectivity index (χ3v) is 3.24. The number of esters is 1. The summed E-state index contributed by atoms with van der Waals surface area (Å²) in [6.45, 7) is 9.88. The first-order valence-electron chi connectivity index (χ1n) is 7.37. The molecule has 0 aliphatic rings. The van der Waals surface area contributed by atoms with Gasteiger partial charge < -0.3 is 15.0 Å². The number of nitrogens with zero attached hydrogens (tertiary/aromatic N) is 1. The van der Waals surface area contributed by atoms with Crippen molar-refractivity contribution in [1.82, 2.24) is 5.32 Å². The van der Waals surface area contributed by atoms with Crippen molar-refractivity contribution in [2.45, 2.75) is 33.8 Å². The molecular weight excluding hydrogens is 268 g/mol. The average Bonchev–Trinajstić information content (AvgIpc) is 2.49. The van der Waals surface area contributed by atoms with E-state index in [1.807, 2.05) is 19.1 Å². The molecule has 21 heavy (non-hydrogen) atoms. The summed E-state index contributed by atoms with van der Waals surface area (Å²) in [5.41, 5.74) is 1.51. The lowest BCUT2D eigenvalue weighted by Gasteiger charge is -2.21. The second kappa shape index (κ2) is 8.29. The van der Waals surface area contributed by atoms with E-state index < -0.39 is 12.1 Å². The minimum absolute atomic E-state index is 0.286. The number of ether oxygens (including phenoxy) is 1. The van der Waals surface area contributed by atoms with Gasteiger partial charge in [0.25, 0.3) is 5.91 Å². The van der Waals surface area contributed by atoms with Crippen LogP contribution in [0.1, 0.15) is 38.1 Å². The Labute approximate surface area is 126 Å². The van der Waals surface area contributed by atoms with E-state index in [2.05, 4.69) is 24.1 Å². The number of amides is 1. The van der Waals surface area contributed by atoms with Crippen molar-refractivity contribution < 1.29 is 14.3 Å². The van der Waals surface area contributed by atoms with Crippen molar-refractivity contribution in [1.29, 1.82) is 0 Å². The first-order chi connectivity index (χ1) is 10.0. The molecule has 0 saturated heterocycles. The molecule has 0 bridgehead atoms. The maximum absolute atomic E-state index is 12.0. The van der Waals surface area contributed by atoms with Crippen molar-refractivity contribution in [3.05, 3.63) is 29.8 Å². The number of hydrogen-bond donors (Lipinski definition) is 1. The van der Waals surface area contributed by atoms with Gasteiger partial charge in [0.05, 0.1) is 5.56 Å². The molecule has 0 aliphatic heterocycles. The predicted molar refractivity (Wildman–Crippen MR) is 83.6 cm³/mol. The van der Waals surface area contributed by atoms with Crippen LogP contribution in [0.15, 0.2) is 24.3 Å². The third kappa shape index (κ3) is 4.77. The van der Waals surface area contributed by atoms with E-state index in [0.29, 0.717) is 12.1 Å². The van der Waals surface area contributed by atoms with E-state index in [0.717, 1.165) is 18.8 Å². The summed E-state index contributed by atoms with van der Waals surface area (Å²) >= 11 is 0. The van der Waals surface area contributed by atoms with E-state index >= 15 is 0 Å². The Balaban J connectivity index is 2.69. The van der Waals surface area contributed by atoms with Crippen LogP contribution in [0.25, 0.3) is 0 Å². The maximum Gasteiger partial charge on any atom is 0.338 e. The number of carbonyl (C=O) groups excluding carboxylic acids is 2. The molecular formula is C16H24N2O3. The summed E-state index contributed by atoms with van der Waals surface area (Å²) < 4.78 is 5.14. The van der Waals surface area contributed by atoms with Crippen LogP contribution in [-0.4, -0.2) is 37.6 Å². The Morgan fingerprint density at radius 1 is 1.14 bits per heavy atom. The van der Waals surface area contributed by atoms with Gasteiger partial charge in [-0.25, -0.2) is 4.79 Å². The summed E-state index contributed by atoms with van der Waals surface area (Å²) in [7, 11) is 0. The third-order valence-electron chi connectivity index (χ3n) is 3.24. The van der Waals surface area contributed by atoms with Gasteiger partial charge >= 0.3 is 5.97 Å². The number of carbonyl (C=O) groups is 2. The minimum atomic E-state index is -0.792. The number of rotatable bonds is 7. The lowest BCUT2D eigenvalue weighted by molar-refractivity contribution is -0.128. The van der Waals surface area contributed by atoms with Crippen LogP contribution in [0.3, 0.4) is 0 Å². The Bertz CT molecular complexity index is 467. The monoisotopic (exact) mass is 292 g/mol. The molecule has 5 heteroatoms. The second-order valence-corrected chi connectivity index (χ2v) is 4.66. The van der Waals surface area contributed by atoms with E-state index in [1.54, 1.807) is 19.1 Å². The molecule has 1 rings (SSSR count). The van der Waals surface area contributed by atoms with Crippen molar-refractivity contribution in [2.75, 3.05) is 24.5 Å². The van der Waals surface area contributed by atoms with Crippen LogP contribution in [0, 0.1) is 0 Å². The normalized spacial score (nSPS) is 11.6. The fourth-order valence-corrected chi connectivity index (χ4v) is 2.00. The molecule has 1 N–H and O–H groups in total. The van der Waals surface area contributed by atoms with E-state index in [1.165, 1.54) is 0 Å². The van der Waals surface area contributed by atoms with Gasteiger partial charge in [0.2, 0.25) is 0 Å². The highest BCUT2D eigenvalue weighted by Crippen LogP contribution is 2.15. The zero-order valence-electron chi connectivity index (χ0n) is 13.2. The van der Waals surface area contributed by atoms with Crippen molar-refractivity contribution in [2.24, 2.45) is 0 Å². The van der Waals surface area contributed by atoms with Crippen LogP contribution in [0.4, 0.5) is 5.69 Å². The van der Waals surface area contributed by atoms with E-state index in [-0.39, 0.29) is 5.91 Å². The van der Waals surface area contributed by atoms with Crippen LogP contribution in [-0.2, 0) is 9.53 Å². The molecule has 1 amide bonds. The topological polar surface area (TPSA) is 58.6 Å². The minimum Gasteiger partial charge on any atom is -0.449 e. The van der Waals surface area contributed by atoms with Crippen LogP contribution >= 0.6 is 0 Å². The van der Waals surface area contributed by atoms with Gasteiger partial charge in [-0.3, -0.25) is 4.79 Å². The molecule has 0 unspecified atom stereocenters. The molecule has 0 saturated carbocycles. The molecule has 0 fully saturated rings. The first-order valence-corrected chi connectivity index (χ1v) is 7.37. The molecule has 1 aromatic carbocycles. The Hall–Kier alpha value is -2.04. The number of likely N-dealkylation sites (N-methyl/N-ethyl adjacent to an activating group) is 1. The van der Waals surface area contributed by atoms with Gasteiger partial charge in [0.1, 0.15) is 0 Å². The van der Waals surface area contributed by atoms with Crippen LogP contribution in [0.2, 0.25) is 0 Å². The second-order valence-electron chi connectivity index (χ2n) is 4.66. The molecule has 1 atom stereocenters. The van der Waals surface area contributed by atoms with Crippen LogP contribution in [0.5, 0.6) is 0 Å². The highest BCUT2D eigenvalue weighted by Gasteiger charge is 2.18. The van der Waals surface area contributed by atoms with Gasteiger partial charge in [-0.1, -0.05) is 0 Å². The maximum atomic E-state index is 12.0. The summed E-state index contributed by atoms with van der Waals surface area (Å²) in [6, 6.07) is 7.22. The van der Waals surface area contributed by atoms with Gasteiger partial charge in [-0.2, -0.15) is 0 Å². The van der Waals surface area contributed by atoms with E-state index in [4.69, 9.17) is 4.74 Å². The Morgan fingerprint density at radius 3 is 2.19 bits per heavy atom. The first kappa shape index (κ1) is 17.0. The van der Waals surface area contributed by atoms with Gasteiger partial charge in [0, 0.05) is 25.3 Å². The fourth-order valence-electron chi connectivity index (χ4n) is 2.00. The van der Waals surface area contributed by atoms with Gasteiger partial charge in [-0.05, 0) is 52.0 Å². The zero-order valence-corrected chi connectivity index (χ0v) is 13.2. The largest absolute Gasteiger partial charge is 0.449 e. The average molecular weight is 292 g/mol. The lowest BCUT2D eigenvalue weighted by Crippen LogP contribution is -2.35. The number of nitrogens with one attached hydrogen (secondary N) is 1. The Morgan fingerprint density at radius 2 is 1.71 bits per heavy atom. The number of benzene rings is 1. The standard InChI is InChI=1S/C16H24N2O3/c1-5-17-15(19)12(4)21-16(20)13-8-10-14(11-9-13)18(6-2)7-3/h8-12H,5-7H2,1-4H3,(H,17,19)/t12-/m1/s1. The van der Waals surface area contributed by atoms with Crippen molar-refractivity contribution in [3.8, 4) is 0 Å². The quantitative estimate of drug-likeness (QED) is 0.783. The molecule has 116 valence electrons. The summed E-state index contributed by atoms with van der Waals surface area (Å²) in [6.07, 6.45) is -0.792. The summed E-state index contributed by atoms with van der Waals surface area (Å²) in [5, 5.41) is 2.62. The molecule has 0 radical (unpaired) electrons. The fraction of sp³-hybridized carbons (Fsp3) is 0.500. The molecule has 0 heterocycles. The van der Waals surface area contributed by atoms with Crippen molar-refractivity contribution >= 4 is 17.6 Å². The van der Waals surface area contributed by atoms with Gasteiger partial charge in [-0.15, -0.1) is 0 Å². The molecule has 5 nitrogen and oxygen atoms in total. The van der Waals surface area contributed by atoms with E-state index in [9.17, 15) is 9.59 Å². The summed E-state index contributed by atoms with van der Waals surface area (Å²) in [5.74, 6) is -0.773. The highest BCUT2D eigenvalue weighted by atomic mass is 16.5. The number of anilines is 1. The SMILES string of the molecule is CCNC(=O)[C@@H](C)OC(=O)c1ccc(N(CC)CC)cc1. The number of hydrogen-bond acceptors (Lipinski definition) is 4. The van der Waals surface area contributed by atoms with Crippen molar-refractivity contribution in [3.63, 3.8) is 0 Å². The summed E-state index contributed by atoms with van der Waals surface area (Å²) in [4.78, 5) is 25.7. The molecule has 0 aliphatic carbocycles.